The predicted molar refractivity (Wildman–Crippen MR) is 74.4 cm³/mol. The molecule has 1 atom stereocenters. The van der Waals surface area contributed by atoms with E-state index in [-0.39, 0.29) is 11.9 Å². The Morgan fingerprint density at radius 2 is 2.15 bits per heavy atom. The highest BCUT2D eigenvalue weighted by Crippen LogP contribution is 2.32. The Kier molecular flexibility index (Phi) is 3.47. The van der Waals surface area contributed by atoms with E-state index in [0.717, 1.165) is 18.5 Å². The molecule has 1 aliphatic rings. The van der Waals surface area contributed by atoms with Crippen LogP contribution in [0.2, 0.25) is 0 Å². The van der Waals surface area contributed by atoms with E-state index < -0.39 is 0 Å². The van der Waals surface area contributed by atoms with Crippen molar-refractivity contribution in [3.05, 3.63) is 42.2 Å². The highest BCUT2D eigenvalue weighted by molar-refractivity contribution is 5.92. The number of nitrogens with two attached hydrogens (primary N) is 1. The lowest BCUT2D eigenvalue weighted by Crippen LogP contribution is -2.41. The average Bonchev–Trinajstić information content (AvgIpc) is 3.21. The number of hydrogen-bond acceptors (Lipinski definition) is 4. The Morgan fingerprint density at radius 1 is 1.40 bits per heavy atom. The molecule has 1 saturated carbocycles. The van der Waals surface area contributed by atoms with E-state index in [1.807, 2.05) is 30.3 Å². The number of carbonyl (C=O) groups is 1. The van der Waals surface area contributed by atoms with E-state index in [2.05, 4.69) is 15.5 Å². The van der Waals surface area contributed by atoms with Gasteiger partial charge >= 0.3 is 0 Å². The van der Waals surface area contributed by atoms with Crippen LogP contribution in [-0.2, 0) is 0 Å². The lowest BCUT2D eigenvalue weighted by atomic mass is 10.2. The third-order valence-corrected chi connectivity index (χ3v) is 3.47. The number of amides is 1. The molecule has 1 aromatic heterocycles. The molecule has 3 rings (SSSR count). The first-order valence-electron chi connectivity index (χ1n) is 6.76. The van der Waals surface area contributed by atoms with Crippen LogP contribution < -0.4 is 11.1 Å². The topological polar surface area (TPSA) is 85.8 Å². The van der Waals surface area contributed by atoms with Crippen LogP contribution in [0, 0.1) is 5.92 Å². The lowest BCUT2D eigenvalue weighted by Gasteiger charge is -2.14. The van der Waals surface area contributed by atoms with Crippen LogP contribution in [0.4, 0.5) is 0 Å². The van der Waals surface area contributed by atoms with Crippen molar-refractivity contribution in [3.63, 3.8) is 0 Å². The molecule has 20 heavy (non-hydrogen) atoms. The number of benzene rings is 1. The molecule has 1 aromatic carbocycles. The number of para-hydroxylation sites is 1. The summed E-state index contributed by atoms with van der Waals surface area (Å²) in [5, 5.41) is 11.2. The van der Waals surface area contributed by atoms with Crippen molar-refractivity contribution < 1.29 is 4.79 Å². The Balaban J connectivity index is 1.71. The summed E-state index contributed by atoms with van der Waals surface area (Å²) < 4.78 is 0. The fourth-order valence-electron chi connectivity index (χ4n) is 2.16. The number of nitrogens with zero attached hydrogens (tertiary/aromatic N) is 3. The maximum Gasteiger partial charge on any atom is 0.273 e. The standard InChI is InChI=1S/C14H17N5O/c15-8-12(10-6-7-10)17-14(20)13-9-16-19(18-13)11-4-2-1-3-5-11/h1-5,9-10,12H,6-8,15H2,(H,17,20). The van der Waals surface area contributed by atoms with E-state index in [4.69, 9.17) is 5.73 Å². The van der Waals surface area contributed by atoms with Crippen molar-refractivity contribution in [2.45, 2.75) is 18.9 Å². The summed E-state index contributed by atoms with van der Waals surface area (Å²) in [7, 11) is 0. The Morgan fingerprint density at radius 3 is 2.80 bits per heavy atom. The zero-order valence-electron chi connectivity index (χ0n) is 11.1. The molecular formula is C14H17N5O. The molecule has 0 saturated heterocycles. The van der Waals surface area contributed by atoms with Crippen LogP contribution in [0.15, 0.2) is 36.5 Å². The van der Waals surface area contributed by atoms with Gasteiger partial charge < -0.3 is 11.1 Å². The average molecular weight is 271 g/mol. The van der Waals surface area contributed by atoms with Gasteiger partial charge in [-0.25, -0.2) is 0 Å². The van der Waals surface area contributed by atoms with E-state index in [0.29, 0.717) is 18.2 Å². The second kappa shape index (κ2) is 5.42. The molecule has 1 heterocycles. The molecule has 0 aliphatic heterocycles. The van der Waals surface area contributed by atoms with Crippen LogP contribution in [0.1, 0.15) is 23.3 Å². The number of rotatable bonds is 5. The number of hydrogen-bond donors (Lipinski definition) is 2. The Bertz CT molecular complexity index is 591. The summed E-state index contributed by atoms with van der Waals surface area (Å²) in [5.41, 5.74) is 6.82. The smallest absolute Gasteiger partial charge is 0.273 e. The van der Waals surface area contributed by atoms with Crippen LogP contribution in [0.3, 0.4) is 0 Å². The molecule has 104 valence electrons. The fourth-order valence-corrected chi connectivity index (χ4v) is 2.16. The van der Waals surface area contributed by atoms with E-state index in [9.17, 15) is 4.79 Å². The van der Waals surface area contributed by atoms with Crippen LogP contribution in [0.5, 0.6) is 0 Å². The minimum absolute atomic E-state index is 0.0457. The summed E-state index contributed by atoms with van der Waals surface area (Å²) >= 11 is 0. The molecule has 6 nitrogen and oxygen atoms in total. The third kappa shape index (κ3) is 2.70. The molecule has 0 spiro atoms. The molecule has 0 radical (unpaired) electrons. The normalized spacial score (nSPS) is 15.8. The van der Waals surface area contributed by atoms with Crippen molar-refractivity contribution in [1.82, 2.24) is 20.3 Å². The number of carbonyl (C=O) groups excluding carboxylic acids is 1. The zero-order valence-corrected chi connectivity index (χ0v) is 11.1. The first-order valence-corrected chi connectivity index (χ1v) is 6.76. The largest absolute Gasteiger partial charge is 0.346 e. The minimum Gasteiger partial charge on any atom is -0.346 e. The summed E-state index contributed by atoms with van der Waals surface area (Å²) in [4.78, 5) is 13.6. The number of aromatic nitrogens is 3. The van der Waals surface area contributed by atoms with Gasteiger partial charge in [-0.3, -0.25) is 4.79 Å². The Hall–Kier alpha value is -2.21. The van der Waals surface area contributed by atoms with Gasteiger partial charge in [-0.05, 0) is 30.9 Å². The Labute approximate surface area is 117 Å². The highest BCUT2D eigenvalue weighted by atomic mass is 16.2. The third-order valence-electron chi connectivity index (χ3n) is 3.47. The minimum atomic E-state index is -0.213. The van der Waals surface area contributed by atoms with Crippen molar-refractivity contribution in [2.24, 2.45) is 11.7 Å². The van der Waals surface area contributed by atoms with Gasteiger partial charge in [0.15, 0.2) is 5.69 Å². The summed E-state index contributed by atoms with van der Waals surface area (Å²) in [6, 6.07) is 9.53. The molecule has 3 N–H and O–H groups in total. The van der Waals surface area contributed by atoms with Crippen LogP contribution in [0.25, 0.3) is 5.69 Å². The van der Waals surface area contributed by atoms with Crippen molar-refractivity contribution >= 4 is 5.91 Å². The van der Waals surface area contributed by atoms with Gasteiger partial charge in [-0.1, -0.05) is 18.2 Å². The van der Waals surface area contributed by atoms with Gasteiger partial charge in [0.05, 0.1) is 11.9 Å². The maximum atomic E-state index is 12.1. The molecule has 2 aromatic rings. The molecule has 1 fully saturated rings. The van der Waals surface area contributed by atoms with Gasteiger partial charge in [-0.2, -0.15) is 9.90 Å². The molecule has 1 unspecified atom stereocenters. The lowest BCUT2D eigenvalue weighted by molar-refractivity contribution is 0.0928. The van der Waals surface area contributed by atoms with Crippen LogP contribution >= 0.6 is 0 Å². The highest BCUT2D eigenvalue weighted by Gasteiger charge is 2.31. The van der Waals surface area contributed by atoms with Gasteiger partial charge in [0, 0.05) is 12.6 Å². The summed E-state index contributed by atoms with van der Waals surface area (Å²) in [6.45, 7) is 0.462. The molecule has 1 amide bonds. The summed E-state index contributed by atoms with van der Waals surface area (Å²) in [6.07, 6.45) is 3.75. The first kappa shape index (κ1) is 12.8. The second-order valence-corrected chi connectivity index (χ2v) is 5.01. The number of nitrogens with one attached hydrogen (secondary N) is 1. The molecule has 1 aliphatic carbocycles. The van der Waals surface area contributed by atoms with Crippen molar-refractivity contribution in [2.75, 3.05) is 6.54 Å². The quantitative estimate of drug-likeness (QED) is 0.839. The predicted octanol–water partition coefficient (Wildman–Crippen LogP) is 0.734. The zero-order chi connectivity index (χ0) is 13.9. The SMILES string of the molecule is NCC(NC(=O)c1cnn(-c2ccccc2)n1)C1CC1. The van der Waals surface area contributed by atoms with E-state index >= 15 is 0 Å². The van der Waals surface area contributed by atoms with Crippen LogP contribution in [-0.4, -0.2) is 33.5 Å². The fraction of sp³-hybridized carbons (Fsp3) is 0.357. The molecule has 0 bridgehead atoms. The molecular weight excluding hydrogens is 254 g/mol. The van der Waals surface area contributed by atoms with Gasteiger partial charge in [0.2, 0.25) is 0 Å². The molecule has 6 heteroatoms. The first-order chi connectivity index (χ1) is 9.78. The monoisotopic (exact) mass is 271 g/mol. The summed E-state index contributed by atoms with van der Waals surface area (Å²) in [5.74, 6) is 0.308. The van der Waals surface area contributed by atoms with E-state index in [1.165, 1.54) is 11.0 Å². The second-order valence-electron chi connectivity index (χ2n) is 5.01. The van der Waals surface area contributed by atoms with E-state index in [1.54, 1.807) is 0 Å². The van der Waals surface area contributed by atoms with Gasteiger partial charge in [-0.15, -0.1) is 5.10 Å². The van der Waals surface area contributed by atoms with Gasteiger partial charge in [0.25, 0.3) is 5.91 Å². The van der Waals surface area contributed by atoms with Crippen molar-refractivity contribution in [1.29, 1.82) is 0 Å². The van der Waals surface area contributed by atoms with Gasteiger partial charge in [0.1, 0.15) is 0 Å². The van der Waals surface area contributed by atoms with Crippen molar-refractivity contribution in [3.8, 4) is 5.69 Å². The maximum absolute atomic E-state index is 12.1.